The second-order valence-corrected chi connectivity index (χ2v) is 10.2. The molecule has 2 atom stereocenters. The van der Waals surface area contributed by atoms with Crippen LogP contribution < -0.4 is 20.7 Å². The van der Waals surface area contributed by atoms with Crippen LogP contribution in [-0.2, 0) is 11.2 Å². The highest BCUT2D eigenvalue weighted by Crippen LogP contribution is 2.42. The number of hydrogen-bond donors (Lipinski definition) is 2. The van der Waals surface area contributed by atoms with Gasteiger partial charge in [-0.05, 0) is 39.8 Å². The first kappa shape index (κ1) is 23.1. The molecule has 2 aliphatic rings. The fourth-order valence-corrected chi connectivity index (χ4v) is 5.22. The monoisotopic (exact) mass is 477 g/mol. The van der Waals surface area contributed by atoms with Crippen LogP contribution in [0.3, 0.4) is 0 Å². The van der Waals surface area contributed by atoms with E-state index in [2.05, 4.69) is 52.9 Å². The molecule has 1 aromatic carbocycles. The molecule has 4 heterocycles. The average Bonchev–Trinajstić information content (AvgIpc) is 3.34. The molecule has 10 heteroatoms. The number of nitrogens with two attached hydrogens (primary N) is 1. The first-order valence-electron chi connectivity index (χ1n) is 11.9. The van der Waals surface area contributed by atoms with Gasteiger partial charge >= 0.3 is 0 Å². The number of primary amides is 1. The van der Waals surface area contributed by atoms with Crippen molar-refractivity contribution in [3.8, 4) is 5.75 Å². The quantitative estimate of drug-likeness (QED) is 0.578. The Bertz CT molecular complexity index is 1290. The van der Waals surface area contributed by atoms with Crippen molar-refractivity contribution in [1.29, 1.82) is 0 Å². The van der Waals surface area contributed by atoms with E-state index in [1.807, 2.05) is 12.1 Å². The van der Waals surface area contributed by atoms with E-state index in [0.717, 1.165) is 23.4 Å². The molecule has 10 nitrogen and oxygen atoms in total. The zero-order chi connectivity index (χ0) is 24.9. The third-order valence-electron chi connectivity index (χ3n) is 6.73. The molecule has 184 valence electrons. The molecule has 0 saturated carbocycles. The van der Waals surface area contributed by atoms with Crippen LogP contribution in [0.4, 0.5) is 11.4 Å². The molecule has 1 saturated heterocycles. The molecule has 0 bridgehead atoms. The number of nitrogens with zero attached hydrogens (tertiary/aromatic N) is 5. The largest absolute Gasteiger partial charge is 0.487 e. The van der Waals surface area contributed by atoms with Crippen molar-refractivity contribution in [2.24, 2.45) is 5.73 Å². The van der Waals surface area contributed by atoms with Crippen LogP contribution in [0.25, 0.3) is 5.65 Å². The lowest BCUT2D eigenvalue weighted by atomic mass is 10.00. The van der Waals surface area contributed by atoms with Crippen LogP contribution in [0, 0.1) is 0 Å². The standard InChI is InChI=1S/C25H31N7O3/c1-15-12-30(13-16(2)31(15)14-22(26)33)20-9-21-17(10-25(3,4)35-21)8-19(20)29-24(34)18-11-28-32-7-5-6-27-23(18)32/h5-9,11,15-16H,10,12-14H2,1-4H3,(H2,26,33)(H,29,34)/t15-,16+. The first-order chi connectivity index (χ1) is 16.6. The summed E-state index contributed by atoms with van der Waals surface area (Å²) in [6.45, 7) is 9.87. The van der Waals surface area contributed by atoms with Gasteiger partial charge in [-0.25, -0.2) is 9.50 Å². The van der Waals surface area contributed by atoms with Crippen molar-refractivity contribution in [1.82, 2.24) is 19.5 Å². The topological polar surface area (TPSA) is 118 Å². The summed E-state index contributed by atoms with van der Waals surface area (Å²) in [6, 6.07) is 6.01. The van der Waals surface area contributed by atoms with Crippen LogP contribution >= 0.6 is 0 Å². The fraction of sp³-hybridized carbons (Fsp3) is 0.440. The van der Waals surface area contributed by atoms with Crippen molar-refractivity contribution >= 4 is 28.8 Å². The molecule has 2 amide bonds. The lowest BCUT2D eigenvalue weighted by Gasteiger charge is -2.45. The van der Waals surface area contributed by atoms with E-state index in [1.165, 1.54) is 6.20 Å². The highest BCUT2D eigenvalue weighted by molar-refractivity contribution is 6.09. The number of nitrogens with one attached hydrogen (secondary N) is 1. The van der Waals surface area contributed by atoms with Gasteiger partial charge in [0.2, 0.25) is 5.91 Å². The second kappa shape index (κ2) is 8.53. The van der Waals surface area contributed by atoms with Gasteiger partial charge in [-0.15, -0.1) is 0 Å². The summed E-state index contributed by atoms with van der Waals surface area (Å²) in [5.74, 6) is 0.229. The van der Waals surface area contributed by atoms with Crippen molar-refractivity contribution in [2.75, 3.05) is 29.9 Å². The predicted molar refractivity (Wildman–Crippen MR) is 133 cm³/mol. The third kappa shape index (κ3) is 4.41. The molecule has 2 aromatic heterocycles. The summed E-state index contributed by atoms with van der Waals surface area (Å²) in [7, 11) is 0. The second-order valence-electron chi connectivity index (χ2n) is 10.2. The Hall–Kier alpha value is -3.66. The van der Waals surface area contributed by atoms with E-state index in [9.17, 15) is 9.59 Å². The molecule has 0 aliphatic carbocycles. The van der Waals surface area contributed by atoms with Crippen LogP contribution in [0.15, 0.2) is 36.8 Å². The van der Waals surface area contributed by atoms with Gasteiger partial charge in [-0.3, -0.25) is 14.5 Å². The summed E-state index contributed by atoms with van der Waals surface area (Å²) in [5.41, 5.74) is 8.73. The number of carbonyl (C=O) groups excluding carboxylic acids is 2. The highest BCUT2D eigenvalue weighted by Gasteiger charge is 2.35. The fourth-order valence-electron chi connectivity index (χ4n) is 5.22. The van der Waals surface area contributed by atoms with Crippen molar-refractivity contribution in [3.63, 3.8) is 0 Å². The molecule has 0 unspecified atom stereocenters. The first-order valence-corrected chi connectivity index (χ1v) is 11.9. The van der Waals surface area contributed by atoms with E-state index in [-0.39, 0.29) is 36.0 Å². The third-order valence-corrected chi connectivity index (χ3v) is 6.73. The zero-order valence-corrected chi connectivity index (χ0v) is 20.5. The van der Waals surface area contributed by atoms with Crippen LogP contribution in [0.5, 0.6) is 5.75 Å². The summed E-state index contributed by atoms with van der Waals surface area (Å²) < 4.78 is 7.79. The lowest BCUT2D eigenvalue weighted by molar-refractivity contribution is -0.120. The van der Waals surface area contributed by atoms with Gasteiger partial charge in [0.05, 0.1) is 24.1 Å². The Morgan fingerprint density at radius 3 is 2.69 bits per heavy atom. The molecule has 2 aliphatic heterocycles. The number of amides is 2. The minimum atomic E-state index is -0.333. The van der Waals surface area contributed by atoms with Crippen LogP contribution in [-0.4, -0.2) is 68.6 Å². The van der Waals surface area contributed by atoms with E-state index in [4.69, 9.17) is 10.5 Å². The molecular weight excluding hydrogens is 446 g/mol. The Balaban J connectivity index is 1.49. The lowest BCUT2D eigenvalue weighted by Crippen LogP contribution is -2.58. The van der Waals surface area contributed by atoms with Crippen molar-refractivity contribution in [2.45, 2.75) is 51.8 Å². The maximum Gasteiger partial charge on any atom is 0.261 e. The van der Waals surface area contributed by atoms with E-state index in [0.29, 0.717) is 30.0 Å². The number of piperazine rings is 1. The van der Waals surface area contributed by atoms with E-state index < -0.39 is 0 Å². The normalized spacial score (nSPS) is 21.5. The minimum Gasteiger partial charge on any atom is -0.487 e. The zero-order valence-electron chi connectivity index (χ0n) is 20.5. The number of benzene rings is 1. The van der Waals surface area contributed by atoms with Gasteiger partial charge in [0.1, 0.15) is 16.9 Å². The number of carbonyl (C=O) groups is 2. The number of aromatic nitrogens is 3. The summed E-state index contributed by atoms with van der Waals surface area (Å²) in [4.78, 5) is 33.6. The summed E-state index contributed by atoms with van der Waals surface area (Å²) in [5, 5.41) is 7.36. The van der Waals surface area contributed by atoms with Gasteiger partial charge in [0.25, 0.3) is 5.91 Å². The molecule has 3 N–H and O–H groups in total. The SMILES string of the molecule is C[C@@H]1CN(c2cc3c(cc2NC(=O)c2cnn4cccnc24)CC(C)(C)O3)C[C@H](C)N1CC(N)=O. The molecule has 0 radical (unpaired) electrons. The van der Waals surface area contributed by atoms with E-state index in [1.54, 1.807) is 23.0 Å². The maximum atomic E-state index is 13.3. The number of ether oxygens (including phenoxy) is 1. The predicted octanol–water partition coefficient (Wildman–Crippen LogP) is 2.08. The smallest absolute Gasteiger partial charge is 0.261 e. The number of rotatable bonds is 5. The van der Waals surface area contributed by atoms with Gasteiger partial charge in [0, 0.05) is 55.6 Å². The van der Waals surface area contributed by atoms with Gasteiger partial charge in [-0.1, -0.05) is 0 Å². The Morgan fingerprint density at radius 2 is 1.97 bits per heavy atom. The highest BCUT2D eigenvalue weighted by atomic mass is 16.5. The van der Waals surface area contributed by atoms with Gasteiger partial charge < -0.3 is 20.7 Å². The van der Waals surface area contributed by atoms with Crippen LogP contribution in [0.2, 0.25) is 0 Å². The summed E-state index contributed by atoms with van der Waals surface area (Å²) in [6.07, 6.45) is 5.68. The minimum absolute atomic E-state index is 0.101. The van der Waals surface area contributed by atoms with Crippen molar-refractivity contribution in [3.05, 3.63) is 47.9 Å². The molecule has 35 heavy (non-hydrogen) atoms. The van der Waals surface area contributed by atoms with Gasteiger partial charge in [0.15, 0.2) is 5.65 Å². The molecule has 1 fully saturated rings. The van der Waals surface area contributed by atoms with Crippen LogP contribution in [0.1, 0.15) is 43.6 Å². The number of anilines is 2. The molecule has 5 rings (SSSR count). The molecule has 0 spiro atoms. The van der Waals surface area contributed by atoms with E-state index >= 15 is 0 Å². The Labute approximate surface area is 204 Å². The number of hydrogen-bond acceptors (Lipinski definition) is 7. The van der Waals surface area contributed by atoms with Crippen molar-refractivity contribution < 1.29 is 14.3 Å². The van der Waals surface area contributed by atoms with Gasteiger partial charge in [-0.2, -0.15) is 5.10 Å². The Kier molecular flexibility index (Phi) is 5.63. The summed E-state index contributed by atoms with van der Waals surface area (Å²) >= 11 is 0. The number of fused-ring (bicyclic) bond motifs is 2. The average molecular weight is 478 g/mol. The Morgan fingerprint density at radius 1 is 1.23 bits per heavy atom. The molecular formula is C25H31N7O3. The maximum absolute atomic E-state index is 13.3. The molecule has 3 aromatic rings.